The van der Waals surface area contributed by atoms with Crippen molar-refractivity contribution < 1.29 is 17.6 Å². The van der Waals surface area contributed by atoms with E-state index in [1.54, 1.807) is 25.3 Å². The van der Waals surface area contributed by atoms with Crippen molar-refractivity contribution in [2.75, 3.05) is 19.4 Å². The van der Waals surface area contributed by atoms with Gasteiger partial charge in [-0.15, -0.1) is 0 Å². The Hall–Kier alpha value is -2.64. The van der Waals surface area contributed by atoms with Crippen molar-refractivity contribution in [2.24, 2.45) is 0 Å². The molecule has 0 fully saturated rings. The SMILES string of the molecule is Cc1ccc(NC(=O)Cc2coc3c(C)c(C)ccc23)cc1S(=O)(=O)N(C)C. The van der Waals surface area contributed by atoms with Gasteiger partial charge in [0.25, 0.3) is 0 Å². The zero-order valence-electron chi connectivity index (χ0n) is 16.7. The Kier molecular flexibility index (Phi) is 5.32. The van der Waals surface area contributed by atoms with Crippen LogP contribution in [-0.4, -0.2) is 32.7 Å². The molecule has 28 heavy (non-hydrogen) atoms. The van der Waals surface area contributed by atoms with Gasteiger partial charge in [0.1, 0.15) is 5.58 Å². The van der Waals surface area contributed by atoms with Gasteiger partial charge in [-0.1, -0.05) is 18.2 Å². The van der Waals surface area contributed by atoms with E-state index in [0.717, 1.165) is 32.0 Å². The summed E-state index contributed by atoms with van der Waals surface area (Å²) in [4.78, 5) is 12.7. The van der Waals surface area contributed by atoms with Crippen LogP contribution in [0.1, 0.15) is 22.3 Å². The first-order valence-corrected chi connectivity index (χ1v) is 10.3. The normalized spacial score (nSPS) is 11.9. The minimum atomic E-state index is -3.59. The average molecular weight is 401 g/mol. The molecule has 0 aliphatic rings. The number of nitrogens with one attached hydrogen (secondary N) is 1. The molecule has 0 saturated carbocycles. The molecular weight excluding hydrogens is 376 g/mol. The Morgan fingerprint density at radius 2 is 1.75 bits per heavy atom. The highest BCUT2D eigenvalue weighted by Crippen LogP contribution is 2.27. The first kappa shape index (κ1) is 20.1. The van der Waals surface area contributed by atoms with Crippen LogP contribution >= 0.6 is 0 Å². The van der Waals surface area contributed by atoms with E-state index < -0.39 is 10.0 Å². The van der Waals surface area contributed by atoms with Crippen molar-refractivity contribution in [3.8, 4) is 0 Å². The molecule has 7 heteroatoms. The topological polar surface area (TPSA) is 79.6 Å². The predicted octanol–water partition coefficient (Wildman–Crippen LogP) is 3.79. The van der Waals surface area contributed by atoms with E-state index in [9.17, 15) is 13.2 Å². The van der Waals surface area contributed by atoms with E-state index in [1.807, 2.05) is 26.0 Å². The molecule has 1 amide bonds. The second-order valence-corrected chi connectivity index (χ2v) is 9.26. The molecule has 1 aromatic heterocycles. The van der Waals surface area contributed by atoms with Crippen molar-refractivity contribution in [1.29, 1.82) is 0 Å². The number of nitrogens with zero attached hydrogens (tertiary/aromatic N) is 1. The lowest BCUT2D eigenvalue weighted by Crippen LogP contribution is -2.23. The number of sulfonamides is 1. The number of carbonyl (C=O) groups excluding carboxylic acids is 1. The standard InChI is InChI=1S/C21H24N2O4S/c1-13-7-9-18-16(12-27-21(18)15(13)3)10-20(24)22-17-8-6-14(2)19(11-17)28(25,26)23(4)5/h6-9,11-12H,10H2,1-5H3,(H,22,24). The van der Waals surface area contributed by atoms with Crippen LogP contribution in [-0.2, 0) is 21.2 Å². The van der Waals surface area contributed by atoms with Gasteiger partial charge < -0.3 is 9.73 Å². The van der Waals surface area contributed by atoms with Gasteiger partial charge >= 0.3 is 0 Å². The Morgan fingerprint density at radius 1 is 1.07 bits per heavy atom. The number of carbonyl (C=O) groups is 1. The third kappa shape index (κ3) is 3.68. The lowest BCUT2D eigenvalue weighted by molar-refractivity contribution is -0.115. The third-order valence-electron chi connectivity index (χ3n) is 4.92. The summed E-state index contributed by atoms with van der Waals surface area (Å²) >= 11 is 0. The number of benzene rings is 2. The molecule has 0 unspecified atom stereocenters. The monoisotopic (exact) mass is 400 g/mol. The van der Waals surface area contributed by atoms with Crippen molar-refractivity contribution in [2.45, 2.75) is 32.1 Å². The number of hydrogen-bond acceptors (Lipinski definition) is 4. The smallest absolute Gasteiger partial charge is 0.242 e. The van der Waals surface area contributed by atoms with Crippen molar-refractivity contribution >= 4 is 32.6 Å². The highest BCUT2D eigenvalue weighted by atomic mass is 32.2. The first-order chi connectivity index (χ1) is 13.1. The molecule has 0 aliphatic carbocycles. The van der Waals surface area contributed by atoms with Crippen molar-refractivity contribution in [1.82, 2.24) is 4.31 Å². The Bertz CT molecular complexity index is 1160. The highest BCUT2D eigenvalue weighted by Gasteiger charge is 2.20. The van der Waals surface area contributed by atoms with E-state index in [4.69, 9.17) is 4.42 Å². The summed E-state index contributed by atoms with van der Waals surface area (Å²) in [6, 6.07) is 8.84. The Morgan fingerprint density at radius 3 is 2.43 bits per heavy atom. The summed E-state index contributed by atoms with van der Waals surface area (Å²) in [5.74, 6) is -0.238. The summed E-state index contributed by atoms with van der Waals surface area (Å²) in [5.41, 5.74) is 4.84. The van der Waals surface area contributed by atoms with Crippen LogP contribution in [0.3, 0.4) is 0 Å². The summed E-state index contributed by atoms with van der Waals surface area (Å²) in [7, 11) is -0.627. The van der Waals surface area contributed by atoms with Crippen LogP contribution in [0.4, 0.5) is 5.69 Å². The van der Waals surface area contributed by atoms with E-state index in [-0.39, 0.29) is 17.2 Å². The molecule has 2 aromatic carbocycles. The second-order valence-electron chi connectivity index (χ2n) is 7.14. The maximum atomic E-state index is 12.5. The van der Waals surface area contributed by atoms with Crippen LogP contribution in [0, 0.1) is 20.8 Å². The molecule has 3 aromatic rings. The number of hydrogen-bond donors (Lipinski definition) is 1. The van der Waals surface area contributed by atoms with Crippen LogP contribution in [0.5, 0.6) is 0 Å². The zero-order chi connectivity index (χ0) is 20.6. The summed E-state index contributed by atoms with van der Waals surface area (Å²) < 4.78 is 31.7. The number of rotatable bonds is 5. The van der Waals surface area contributed by atoms with Crippen molar-refractivity contribution in [3.63, 3.8) is 0 Å². The maximum absolute atomic E-state index is 12.5. The fraction of sp³-hybridized carbons (Fsp3) is 0.286. The fourth-order valence-corrected chi connectivity index (χ4v) is 4.20. The molecule has 3 rings (SSSR count). The molecule has 0 radical (unpaired) electrons. The molecule has 0 atom stereocenters. The van der Waals surface area contributed by atoms with Gasteiger partial charge in [-0.05, 0) is 49.6 Å². The first-order valence-electron chi connectivity index (χ1n) is 8.90. The molecule has 0 aliphatic heterocycles. The predicted molar refractivity (Wildman–Crippen MR) is 110 cm³/mol. The van der Waals surface area contributed by atoms with Gasteiger partial charge in [0.05, 0.1) is 17.6 Å². The lowest BCUT2D eigenvalue weighted by atomic mass is 10.0. The summed E-state index contributed by atoms with van der Waals surface area (Å²) in [6.45, 7) is 5.73. The van der Waals surface area contributed by atoms with Gasteiger partial charge in [0.2, 0.25) is 15.9 Å². The summed E-state index contributed by atoms with van der Waals surface area (Å²) in [5, 5.41) is 3.70. The van der Waals surface area contributed by atoms with E-state index in [1.165, 1.54) is 20.2 Å². The van der Waals surface area contributed by atoms with Crippen LogP contribution in [0.25, 0.3) is 11.0 Å². The van der Waals surface area contributed by atoms with Gasteiger partial charge in [0, 0.05) is 30.7 Å². The average Bonchev–Trinajstić information content (AvgIpc) is 3.02. The van der Waals surface area contributed by atoms with Crippen LogP contribution in [0.15, 0.2) is 45.9 Å². The zero-order valence-corrected chi connectivity index (χ0v) is 17.5. The number of furan rings is 1. The van der Waals surface area contributed by atoms with Crippen LogP contribution in [0.2, 0.25) is 0 Å². The van der Waals surface area contributed by atoms with E-state index in [0.29, 0.717) is 11.3 Å². The minimum Gasteiger partial charge on any atom is -0.464 e. The fourth-order valence-electron chi connectivity index (χ4n) is 3.06. The Labute approximate surface area is 165 Å². The van der Waals surface area contributed by atoms with Gasteiger partial charge in [-0.2, -0.15) is 0 Å². The van der Waals surface area contributed by atoms with Gasteiger partial charge in [0.15, 0.2) is 0 Å². The molecule has 6 nitrogen and oxygen atoms in total. The van der Waals surface area contributed by atoms with E-state index >= 15 is 0 Å². The van der Waals surface area contributed by atoms with Crippen molar-refractivity contribution in [3.05, 3.63) is 58.8 Å². The quantitative estimate of drug-likeness (QED) is 0.707. The Balaban J connectivity index is 1.84. The molecule has 0 saturated heterocycles. The largest absolute Gasteiger partial charge is 0.464 e. The molecule has 1 N–H and O–H groups in total. The highest BCUT2D eigenvalue weighted by molar-refractivity contribution is 7.89. The maximum Gasteiger partial charge on any atom is 0.242 e. The number of anilines is 1. The lowest BCUT2D eigenvalue weighted by Gasteiger charge is -2.15. The molecule has 0 bridgehead atoms. The molecule has 148 valence electrons. The molecular formula is C21H24N2O4S. The number of fused-ring (bicyclic) bond motifs is 1. The number of aryl methyl sites for hydroxylation is 3. The second kappa shape index (κ2) is 7.41. The van der Waals surface area contributed by atoms with Gasteiger partial charge in [-0.3, -0.25) is 4.79 Å². The summed E-state index contributed by atoms with van der Waals surface area (Å²) in [6.07, 6.45) is 1.74. The number of amides is 1. The minimum absolute atomic E-state index is 0.138. The van der Waals surface area contributed by atoms with E-state index in [2.05, 4.69) is 5.32 Å². The van der Waals surface area contributed by atoms with Crippen LogP contribution < -0.4 is 5.32 Å². The van der Waals surface area contributed by atoms with Gasteiger partial charge in [-0.25, -0.2) is 12.7 Å². The molecule has 0 spiro atoms. The third-order valence-corrected chi connectivity index (χ3v) is 6.88. The molecule has 1 heterocycles.